The van der Waals surface area contributed by atoms with Gasteiger partial charge in [0.05, 0.1) is 31.2 Å². The zero-order valence-corrected chi connectivity index (χ0v) is 22.3. The van der Waals surface area contributed by atoms with Gasteiger partial charge in [-0.15, -0.1) is 0 Å². The second kappa shape index (κ2) is 10.2. The molecule has 0 atom stereocenters. The molecule has 8 heteroatoms. The molecule has 0 fully saturated rings. The molecule has 0 saturated carbocycles. The van der Waals surface area contributed by atoms with Crippen LogP contribution in [0.15, 0.2) is 50.5 Å². The lowest BCUT2D eigenvalue weighted by atomic mass is 9.93. The summed E-state index contributed by atoms with van der Waals surface area (Å²) < 4.78 is 17.1. The van der Waals surface area contributed by atoms with E-state index in [9.17, 15) is 9.59 Å². The third-order valence-electron chi connectivity index (χ3n) is 6.89. The van der Waals surface area contributed by atoms with E-state index < -0.39 is 0 Å². The van der Waals surface area contributed by atoms with Crippen molar-refractivity contribution in [3.05, 3.63) is 81.5 Å². The first-order chi connectivity index (χ1) is 18.2. The van der Waals surface area contributed by atoms with Crippen molar-refractivity contribution >= 4 is 34.2 Å². The van der Waals surface area contributed by atoms with Crippen LogP contribution in [0.3, 0.4) is 0 Å². The molecule has 2 aromatic heterocycles. The topological polar surface area (TPSA) is 106 Å². The molecule has 2 aromatic carbocycles. The van der Waals surface area contributed by atoms with Gasteiger partial charge in [-0.25, -0.2) is 5.43 Å². The Morgan fingerprint density at radius 1 is 1.05 bits per heavy atom. The van der Waals surface area contributed by atoms with Crippen LogP contribution in [0, 0.1) is 27.7 Å². The summed E-state index contributed by atoms with van der Waals surface area (Å²) in [4.78, 5) is 26.0. The minimum atomic E-state index is -0.360. The van der Waals surface area contributed by atoms with Gasteiger partial charge in [-0.3, -0.25) is 9.59 Å². The molecule has 0 aliphatic heterocycles. The van der Waals surface area contributed by atoms with E-state index in [2.05, 4.69) is 21.9 Å². The molecule has 4 aromatic rings. The van der Waals surface area contributed by atoms with Gasteiger partial charge in [-0.1, -0.05) is 12.1 Å². The maximum atomic E-state index is 13.2. The number of nitrogens with one attached hydrogen (secondary N) is 2. The van der Waals surface area contributed by atoms with E-state index >= 15 is 0 Å². The SMILES string of the molecule is COc1ccc(C)cc1NC(=O)c1oc2c(c1C)/C(=N/NC(=O)Cc1coc3cc(C)cc(C)c13)CCC2. The predicted octanol–water partition coefficient (Wildman–Crippen LogP) is 5.92. The van der Waals surface area contributed by atoms with Gasteiger partial charge in [0.2, 0.25) is 5.91 Å². The molecular weight excluding hydrogens is 482 g/mol. The van der Waals surface area contributed by atoms with Crippen LogP contribution >= 0.6 is 0 Å². The number of anilines is 1. The third kappa shape index (κ3) is 4.81. The highest BCUT2D eigenvalue weighted by Gasteiger charge is 2.28. The van der Waals surface area contributed by atoms with Crippen molar-refractivity contribution in [2.24, 2.45) is 5.10 Å². The normalized spacial score (nSPS) is 14.0. The molecule has 0 unspecified atom stereocenters. The molecule has 0 bridgehead atoms. The van der Waals surface area contributed by atoms with Gasteiger partial charge in [0, 0.05) is 28.5 Å². The summed E-state index contributed by atoms with van der Waals surface area (Å²) in [6.07, 6.45) is 3.97. The second-order valence-corrected chi connectivity index (χ2v) is 9.85. The van der Waals surface area contributed by atoms with Gasteiger partial charge in [0.25, 0.3) is 5.91 Å². The van der Waals surface area contributed by atoms with E-state index in [1.165, 1.54) is 0 Å². The molecule has 0 spiro atoms. The Morgan fingerprint density at radius 2 is 1.87 bits per heavy atom. The highest BCUT2D eigenvalue weighted by atomic mass is 16.5. The van der Waals surface area contributed by atoms with E-state index in [1.54, 1.807) is 13.4 Å². The largest absolute Gasteiger partial charge is 0.495 e. The Hall–Kier alpha value is -4.33. The van der Waals surface area contributed by atoms with Gasteiger partial charge in [0.15, 0.2) is 5.76 Å². The lowest BCUT2D eigenvalue weighted by Gasteiger charge is -2.13. The maximum Gasteiger partial charge on any atom is 0.291 e. The zero-order chi connectivity index (χ0) is 27.0. The summed E-state index contributed by atoms with van der Waals surface area (Å²) in [7, 11) is 1.56. The highest BCUT2D eigenvalue weighted by Crippen LogP contribution is 2.32. The predicted molar refractivity (Wildman–Crippen MR) is 146 cm³/mol. The average molecular weight is 514 g/mol. The summed E-state index contributed by atoms with van der Waals surface area (Å²) in [5.74, 6) is 0.906. The zero-order valence-electron chi connectivity index (χ0n) is 22.3. The van der Waals surface area contributed by atoms with E-state index in [0.29, 0.717) is 41.3 Å². The molecule has 196 valence electrons. The van der Waals surface area contributed by atoms with Crippen LogP contribution in [0.25, 0.3) is 11.0 Å². The quantitative estimate of drug-likeness (QED) is 0.311. The summed E-state index contributed by atoms with van der Waals surface area (Å²) >= 11 is 0. The lowest BCUT2D eigenvalue weighted by Crippen LogP contribution is -2.23. The number of fused-ring (bicyclic) bond motifs is 2. The number of furan rings is 2. The molecule has 8 nitrogen and oxygen atoms in total. The molecule has 2 N–H and O–H groups in total. The number of hydrogen-bond acceptors (Lipinski definition) is 6. The Kier molecular flexibility index (Phi) is 6.80. The number of nitrogens with zero attached hydrogens (tertiary/aromatic N) is 1. The van der Waals surface area contributed by atoms with Crippen molar-refractivity contribution in [3.8, 4) is 5.75 Å². The first-order valence-electron chi connectivity index (χ1n) is 12.7. The number of rotatable bonds is 6. The molecule has 2 heterocycles. The van der Waals surface area contributed by atoms with Gasteiger partial charge < -0.3 is 18.9 Å². The number of aryl methyl sites for hydroxylation is 4. The smallest absolute Gasteiger partial charge is 0.291 e. The van der Waals surface area contributed by atoms with Crippen molar-refractivity contribution in [2.75, 3.05) is 12.4 Å². The van der Waals surface area contributed by atoms with E-state index in [0.717, 1.165) is 45.2 Å². The number of hydrazone groups is 1. The van der Waals surface area contributed by atoms with Crippen molar-refractivity contribution in [2.45, 2.75) is 53.4 Å². The molecular formula is C30H31N3O5. The number of methoxy groups -OCH3 is 1. The molecule has 0 saturated heterocycles. The fraction of sp³-hybridized carbons (Fsp3) is 0.300. The Balaban J connectivity index is 1.35. The fourth-order valence-electron chi connectivity index (χ4n) is 5.19. The first-order valence-corrected chi connectivity index (χ1v) is 12.7. The molecule has 1 aliphatic rings. The Morgan fingerprint density at radius 3 is 2.66 bits per heavy atom. The number of carbonyl (C=O) groups excluding carboxylic acids is 2. The minimum absolute atomic E-state index is 0.150. The molecule has 5 rings (SSSR count). The van der Waals surface area contributed by atoms with Crippen molar-refractivity contribution in [3.63, 3.8) is 0 Å². The van der Waals surface area contributed by atoms with Gasteiger partial charge in [-0.05, 0) is 75.4 Å². The summed E-state index contributed by atoms with van der Waals surface area (Å²) in [6.45, 7) is 7.82. The van der Waals surface area contributed by atoms with E-state index in [4.69, 9.17) is 13.6 Å². The molecule has 2 amide bonds. The average Bonchev–Trinajstić information content (AvgIpc) is 3.44. The highest BCUT2D eigenvalue weighted by molar-refractivity contribution is 6.09. The van der Waals surface area contributed by atoms with Gasteiger partial charge in [0.1, 0.15) is 17.1 Å². The fourth-order valence-corrected chi connectivity index (χ4v) is 5.19. The van der Waals surface area contributed by atoms with E-state index in [-0.39, 0.29) is 24.0 Å². The summed E-state index contributed by atoms with van der Waals surface area (Å²) in [5.41, 5.74) is 10.2. The Bertz CT molecular complexity index is 1590. The van der Waals surface area contributed by atoms with Crippen molar-refractivity contribution in [1.82, 2.24) is 5.43 Å². The molecule has 38 heavy (non-hydrogen) atoms. The van der Waals surface area contributed by atoms with Crippen LogP contribution in [0.1, 0.15) is 62.5 Å². The third-order valence-corrected chi connectivity index (χ3v) is 6.89. The van der Waals surface area contributed by atoms with Gasteiger partial charge in [-0.2, -0.15) is 5.10 Å². The molecule has 1 aliphatic carbocycles. The lowest BCUT2D eigenvalue weighted by molar-refractivity contribution is -0.120. The van der Waals surface area contributed by atoms with Crippen LogP contribution in [0.2, 0.25) is 0 Å². The second-order valence-electron chi connectivity index (χ2n) is 9.85. The van der Waals surface area contributed by atoms with Crippen LogP contribution in [-0.2, 0) is 17.6 Å². The maximum absolute atomic E-state index is 13.2. The first kappa shape index (κ1) is 25.3. The monoisotopic (exact) mass is 513 g/mol. The standard InChI is InChI=1S/C30H31N3O5/c1-16-9-10-23(36-5)22(12-16)31-30(35)29-19(4)28-21(7-6-8-24(28)38-29)32-33-26(34)14-20-15-37-25-13-17(2)11-18(3)27(20)25/h9-13,15H,6-8,14H2,1-5H3,(H,31,35)(H,33,34)/b32-21+. The van der Waals surface area contributed by atoms with Crippen LogP contribution in [0.5, 0.6) is 5.75 Å². The number of ether oxygens (including phenoxy) is 1. The van der Waals surface area contributed by atoms with Crippen LogP contribution < -0.4 is 15.5 Å². The van der Waals surface area contributed by atoms with Crippen molar-refractivity contribution in [1.29, 1.82) is 0 Å². The van der Waals surface area contributed by atoms with E-state index in [1.807, 2.05) is 52.0 Å². The van der Waals surface area contributed by atoms with Crippen LogP contribution in [0.4, 0.5) is 5.69 Å². The van der Waals surface area contributed by atoms with Gasteiger partial charge >= 0.3 is 0 Å². The van der Waals surface area contributed by atoms with Crippen LogP contribution in [-0.4, -0.2) is 24.6 Å². The molecule has 0 radical (unpaired) electrons. The number of carbonyl (C=O) groups is 2. The number of hydrogen-bond donors (Lipinski definition) is 2. The summed E-state index contributed by atoms with van der Waals surface area (Å²) in [5, 5.41) is 8.32. The van der Waals surface area contributed by atoms with Crippen molar-refractivity contribution < 1.29 is 23.2 Å². The number of benzene rings is 2. The number of amides is 2. The minimum Gasteiger partial charge on any atom is -0.495 e. The summed E-state index contributed by atoms with van der Waals surface area (Å²) in [6, 6.07) is 9.63. The Labute approximate surface area is 221 Å².